The van der Waals surface area contributed by atoms with Gasteiger partial charge in [0, 0.05) is 28.6 Å². The average Bonchev–Trinajstić information content (AvgIpc) is 3.04. The molecule has 2 unspecified atom stereocenters. The van der Waals surface area contributed by atoms with Gasteiger partial charge < -0.3 is 11.5 Å². The molecule has 0 saturated heterocycles. The molecule has 4 aromatic rings. The number of anilines is 2. The zero-order chi connectivity index (χ0) is 32.0. The molecule has 0 spiro atoms. The van der Waals surface area contributed by atoms with Crippen molar-refractivity contribution >= 4 is 11.4 Å². The van der Waals surface area contributed by atoms with Crippen LogP contribution in [0.15, 0.2) is 84.9 Å². The smallest absolute Gasteiger partial charge is 0.0316 e. The maximum absolute atomic E-state index is 6.13. The van der Waals surface area contributed by atoms with E-state index < -0.39 is 0 Å². The minimum absolute atomic E-state index is 0.0651. The molecule has 4 N–H and O–H groups in total. The molecule has 1 aliphatic carbocycles. The van der Waals surface area contributed by atoms with Crippen molar-refractivity contribution in [3.8, 4) is 0 Å². The Labute approximate surface area is 273 Å². The first-order chi connectivity index (χ1) is 21.8. The van der Waals surface area contributed by atoms with Gasteiger partial charge in [0.05, 0.1) is 0 Å². The maximum atomic E-state index is 6.13. The lowest BCUT2D eigenvalue weighted by Crippen LogP contribution is -2.32. The molecule has 0 amide bonds. The molecule has 2 heteroatoms. The van der Waals surface area contributed by atoms with E-state index in [1.807, 2.05) is 0 Å². The highest BCUT2D eigenvalue weighted by Crippen LogP contribution is 2.47. The standard InChI is InChI=1S/C43H56N2/c1-6-8-10-41(39-22-20-37(44)28-31(39)4)33-12-16-35(17-13-33)43(26-24-30(3)25-27-43)36-18-14-34(15-19-36)42(11-9-7-2)40-23-21-38(45)29-32(40)5/h12-23,28-30,41-42H,6-11,24-27,44-45H2,1-5H3. The Hall–Kier alpha value is -3.52. The molecule has 0 bridgehead atoms. The topological polar surface area (TPSA) is 52.0 Å². The molecule has 0 heterocycles. The van der Waals surface area contributed by atoms with Crippen LogP contribution in [0.5, 0.6) is 0 Å². The van der Waals surface area contributed by atoms with Gasteiger partial charge in [-0.2, -0.15) is 0 Å². The van der Waals surface area contributed by atoms with Crippen molar-refractivity contribution in [2.45, 2.75) is 116 Å². The second-order valence-corrected chi connectivity index (χ2v) is 14.1. The number of unbranched alkanes of at least 4 members (excludes halogenated alkanes) is 2. The molecule has 1 saturated carbocycles. The summed E-state index contributed by atoms with van der Waals surface area (Å²) < 4.78 is 0. The normalized spacial score (nSPS) is 19.7. The Bertz CT molecular complexity index is 1410. The fourth-order valence-electron chi connectivity index (χ4n) is 8.07. The summed E-state index contributed by atoms with van der Waals surface area (Å²) in [5, 5.41) is 0. The Morgan fingerprint density at radius 3 is 1.38 bits per heavy atom. The SMILES string of the molecule is CCCCC(c1ccc(C2(c3ccc(C(CCCC)c4ccc(N)cc4C)cc3)CCC(C)CC2)cc1)c1ccc(N)cc1C. The molecule has 5 rings (SSSR count). The van der Waals surface area contributed by atoms with E-state index in [-0.39, 0.29) is 5.41 Å². The average molecular weight is 601 g/mol. The monoisotopic (exact) mass is 600 g/mol. The van der Waals surface area contributed by atoms with Crippen LogP contribution in [0, 0.1) is 19.8 Å². The third kappa shape index (κ3) is 7.32. The minimum Gasteiger partial charge on any atom is -0.399 e. The molecular weight excluding hydrogens is 544 g/mol. The van der Waals surface area contributed by atoms with E-state index in [4.69, 9.17) is 11.5 Å². The van der Waals surface area contributed by atoms with Crippen LogP contribution in [-0.2, 0) is 5.41 Å². The molecule has 4 aromatic carbocycles. The van der Waals surface area contributed by atoms with E-state index in [0.717, 1.165) is 30.1 Å². The molecule has 0 radical (unpaired) electrons. The molecule has 238 valence electrons. The number of aryl methyl sites for hydroxylation is 2. The Balaban J connectivity index is 1.49. The van der Waals surface area contributed by atoms with Crippen LogP contribution in [0.2, 0.25) is 0 Å². The van der Waals surface area contributed by atoms with Gasteiger partial charge in [0.15, 0.2) is 0 Å². The molecular formula is C43H56N2. The van der Waals surface area contributed by atoms with Gasteiger partial charge in [-0.25, -0.2) is 0 Å². The van der Waals surface area contributed by atoms with Crippen LogP contribution in [0.4, 0.5) is 11.4 Å². The van der Waals surface area contributed by atoms with Crippen molar-refractivity contribution < 1.29 is 0 Å². The second-order valence-electron chi connectivity index (χ2n) is 14.1. The quantitative estimate of drug-likeness (QED) is 0.159. The Morgan fingerprint density at radius 2 is 1.02 bits per heavy atom. The van der Waals surface area contributed by atoms with Gasteiger partial charge in [-0.3, -0.25) is 0 Å². The zero-order valence-corrected chi connectivity index (χ0v) is 28.5. The number of nitrogens with two attached hydrogens (primary N) is 2. The highest BCUT2D eigenvalue weighted by Gasteiger charge is 2.37. The fourth-order valence-corrected chi connectivity index (χ4v) is 8.07. The van der Waals surface area contributed by atoms with E-state index in [2.05, 4.69) is 120 Å². The predicted molar refractivity (Wildman–Crippen MR) is 195 cm³/mol. The molecule has 1 aliphatic rings. The molecule has 45 heavy (non-hydrogen) atoms. The lowest BCUT2D eigenvalue weighted by Gasteiger charge is -2.41. The van der Waals surface area contributed by atoms with Crippen LogP contribution in [0.25, 0.3) is 0 Å². The Morgan fingerprint density at radius 1 is 0.622 bits per heavy atom. The summed E-state index contributed by atoms with van der Waals surface area (Å²) in [4.78, 5) is 0. The van der Waals surface area contributed by atoms with E-state index in [1.54, 1.807) is 0 Å². The van der Waals surface area contributed by atoms with Crippen molar-refractivity contribution in [3.63, 3.8) is 0 Å². The molecule has 1 fully saturated rings. The van der Waals surface area contributed by atoms with Gasteiger partial charge in [-0.1, -0.05) is 107 Å². The lowest BCUT2D eigenvalue weighted by molar-refractivity contribution is 0.280. The van der Waals surface area contributed by atoms with Crippen LogP contribution in [0.3, 0.4) is 0 Å². The van der Waals surface area contributed by atoms with Gasteiger partial charge in [0.1, 0.15) is 0 Å². The van der Waals surface area contributed by atoms with Crippen molar-refractivity contribution in [3.05, 3.63) is 129 Å². The molecule has 2 atom stereocenters. The summed E-state index contributed by atoms with van der Waals surface area (Å²) in [5.41, 5.74) is 25.2. The van der Waals surface area contributed by atoms with Crippen LogP contribution < -0.4 is 11.5 Å². The van der Waals surface area contributed by atoms with Crippen molar-refractivity contribution in [1.82, 2.24) is 0 Å². The second kappa shape index (κ2) is 14.7. The van der Waals surface area contributed by atoms with Crippen LogP contribution in [-0.4, -0.2) is 0 Å². The number of benzene rings is 4. The van der Waals surface area contributed by atoms with Crippen molar-refractivity contribution in [2.75, 3.05) is 11.5 Å². The largest absolute Gasteiger partial charge is 0.399 e. The maximum Gasteiger partial charge on any atom is 0.0316 e. The van der Waals surface area contributed by atoms with E-state index >= 15 is 0 Å². The van der Waals surface area contributed by atoms with Crippen LogP contribution in [0.1, 0.15) is 141 Å². The van der Waals surface area contributed by atoms with Crippen molar-refractivity contribution in [2.24, 2.45) is 5.92 Å². The first kappa shape index (κ1) is 32.9. The van der Waals surface area contributed by atoms with Gasteiger partial charge in [-0.05, 0) is 127 Å². The predicted octanol–water partition coefficient (Wildman–Crippen LogP) is 11.6. The summed E-state index contributed by atoms with van der Waals surface area (Å²) in [6.07, 6.45) is 12.1. The van der Waals surface area contributed by atoms with Gasteiger partial charge in [0.25, 0.3) is 0 Å². The minimum atomic E-state index is 0.0651. The number of hydrogen-bond acceptors (Lipinski definition) is 2. The molecule has 0 aromatic heterocycles. The lowest BCUT2D eigenvalue weighted by atomic mass is 9.63. The summed E-state index contributed by atoms with van der Waals surface area (Å²) in [5.74, 6) is 1.59. The summed E-state index contributed by atoms with van der Waals surface area (Å²) >= 11 is 0. The van der Waals surface area contributed by atoms with E-state index in [0.29, 0.717) is 11.8 Å². The van der Waals surface area contributed by atoms with E-state index in [1.165, 1.54) is 95.9 Å². The number of rotatable bonds is 12. The first-order valence-electron chi connectivity index (χ1n) is 17.7. The van der Waals surface area contributed by atoms with Crippen LogP contribution >= 0.6 is 0 Å². The van der Waals surface area contributed by atoms with Gasteiger partial charge >= 0.3 is 0 Å². The highest BCUT2D eigenvalue weighted by atomic mass is 14.5. The highest BCUT2D eigenvalue weighted by molar-refractivity contribution is 5.51. The van der Waals surface area contributed by atoms with Gasteiger partial charge in [-0.15, -0.1) is 0 Å². The number of nitrogen functional groups attached to an aromatic ring is 2. The Kier molecular flexibility index (Phi) is 10.7. The van der Waals surface area contributed by atoms with Gasteiger partial charge in [0.2, 0.25) is 0 Å². The summed E-state index contributed by atoms with van der Waals surface area (Å²) in [7, 11) is 0. The van der Waals surface area contributed by atoms with Crippen molar-refractivity contribution in [1.29, 1.82) is 0 Å². The third-order valence-corrected chi connectivity index (χ3v) is 10.9. The first-order valence-corrected chi connectivity index (χ1v) is 17.7. The summed E-state index contributed by atoms with van der Waals surface area (Å²) in [6.45, 7) is 11.4. The van der Waals surface area contributed by atoms with E-state index in [9.17, 15) is 0 Å². The fraction of sp³-hybridized carbons (Fsp3) is 0.442. The third-order valence-electron chi connectivity index (χ3n) is 10.9. The molecule has 2 nitrogen and oxygen atoms in total. The summed E-state index contributed by atoms with van der Waals surface area (Å²) in [6, 6.07) is 32.5. The molecule has 0 aliphatic heterocycles. The number of hydrogen-bond donors (Lipinski definition) is 2. The zero-order valence-electron chi connectivity index (χ0n) is 28.5.